The van der Waals surface area contributed by atoms with Gasteiger partial charge in [-0.15, -0.1) is 0 Å². The normalized spacial score (nSPS) is 23.1. The molecule has 0 radical (unpaired) electrons. The highest BCUT2D eigenvalue weighted by Gasteiger charge is 2.30. The van der Waals surface area contributed by atoms with Crippen molar-refractivity contribution in [1.29, 1.82) is 0 Å². The van der Waals surface area contributed by atoms with Gasteiger partial charge in [0.2, 0.25) is 5.91 Å². The summed E-state index contributed by atoms with van der Waals surface area (Å²) in [4.78, 5) is 19.0. The van der Waals surface area contributed by atoms with Gasteiger partial charge in [0.25, 0.3) is 0 Å². The van der Waals surface area contributed by atoms with Gasteiger partial charge in [-0.05, 0) is 58.4 Å². The number of aromatic nitrogens is 3. The number of hydrogen-bond acceptors (Lipinski definition) is 4. The van der Waals surface area contributed by atoms with Crippen LogP contribution in [0.3, 0.4) is 0 Å². The summed E-state index contributed by atoms with van der Waals surface area (Å²) in [7, 11) is 0. The quantitative estimate of drug-likeness (QED) is 0.772. The summed E-state index contributed by atoms with van der Waals surface area (Å²) in [5.41, 5.74) is 1.52. The molecule has 6 nitrogen and oxygen atoms in total. The first-order chi connectivity index (χ1) is 12.2. The highest BCUT2D eigenvalue weighted by molar-refractivity contribution is 5.81. The summed E-state index contributed by atoms with van der Waals surface area (Å²) in [6, 6.07) is 0.270. The van der Waals surface area contributed by atoms with Gasteiger partial charge in [-0.3, -0.25) is 14.4 Å². The summed E-state index contributed by atoms with van der Waals surface area (Å²) in [6.07, 6.45) is 15.2. The molecule has 25 heavy (non-hydrogen) atoms. The Morgan fingerprint density at radius 2 is 2.28 bits per heavy atom. The minimum absolute atomic E-state index is 0.0887. The molecule has 2 atom stereocenters. The van der Waals surface area contributed by atoms with Crippen LogP contribution in [0.1, 0.15) is 58.3 Å². The molecule has 0 unspecified atom stereocenters. The van der Waals surface area contributed by atoms with Gasteiger partial charge in [0.1, 0.15) is 12.7 Å². The third-order valence-corrected chi connectivity index (χ3v) is 5.54. The molecule has 2 heterocycles. The van der Waals surface area contributed by atoms with Gasteiger partial charge in [0, 0.05) is 12.6 Å². The monoisotopic (exact) mass is 345 g/mol. The zero-order chi connectivity index (χ0) is 17.5. The fourth-order valence-electron chi connectivity index (χ4n) is 4.05. The van der Waals surface area contributed by atoms with Crippen LogP contribution < -0.4 is 5.32 Å². The molecule has 0 spiro atoms. The van der Waals surface area contributed by atoms with E-state index in [9.17, 15) is 4.79 Å². The number of rotatable bonds is 7. The molecule has 1 amide bonds. The second kappa shape index (κ2) is 9.13. The lowest BCUT2D eigenvalue weighted by molar-refractivity contribution is -0.127. The minimum atomic E-state index is -0.0887. The predicted molar refractivity (Wildman–Crippen MR) is 98.0 cm³/mol. The van der Waals surface area contributed by atoms with Crippen LogP contribution in [0.15, 0.2) is 24.3 Å². The lowest BCUT2D eigenvalue weighted by atomic mass is 9.97. The number of nitrogens with one attached hydrogen (secondary N) is 1. The van der Waals surface area contributed by atoms with Gasteiger partial charge in [-0.25, -0.2) is 4.98 Å². The topological polar surface area (TPSA) is 63.1 Å². The van der Waals surface area contributed by atoms with E-state index in [0.29, 0.717) is 6.04 Å². The van der Waals surface area contributed by atoms with E-state index in [1.54, 1.807) is 12.7 Å². The van der Waals surface area contributed by atoms with Gasteiger partial charge in [0.05, 0.1) is 12.6 Å². The molecular weight excluding hydrogens is 314 g/mol. The summed E-state index contributed by atoms with van der Waals surface area (Å²) in [6.45, 7) is 4.59. The number of carbonyl (C=O) groups excluding carboxylic acids is 1. The Kier molecular flexibility index (Phi) is 6.62. The van der Waals surface area contributed by atoms with E-state index in [1.165, 1.54) is 44.1 Å². The van der Waals surface area contributed by atoms with Gasteiger partial charge in [0.15, 0.2) is 0 Å². The van der Waals surface area contributed by atoms with Crippen molar-refractivity contribution in [3.63, 3.8) is 0 Å². The largest absolute Gasteiger partial charge is 0.354 e. The molecule has 0 bridgehead atoms. The number of nitrogens with zero attached hydrogens (tertiary/aromatic N) is 4. The van der Waals surface area contributed by atoms with Crippen molar-refractivity contribution >= 4 is 5.91 Å². The van der Waals surface area contributed by atoms with E-state index in [0.717, 1.165) is 32.5 Å². The van der Waals surface area contributed by atoms with Crippen molar-refractivity contribution < 1.29 is 4.79 Å². The Bertz CT molecular complexity index is 568. The average molecular weight is 345 g/mol. The van der Waals surface area contributed by atoms with Crippen LogP contribution in [0.2, 0.25) is 0 Å². The molecule has 0 aromatic carbocycles. The van der Waals surface area contributed by atoms with E-state index >= 15 is 0 Å². The molecule has 3 rings (SSSR count). The van der Waals surface area contributed by atoms with Crippen molar-refractivity contribution in [2.75, 3.05) is 13.1 Å². The van der Waals surface area contributed by atoms with E-state index < -0.39 is 0 Å². The number of likely N-dealkylation sites (tertiary alicyclic amines) is 1. The Hall–Kier alpha value is -1.69. The van der Waals surface area contributed by atoms with Crippen molar-refractivity contribution in [1.82, 2.24) is 25.0 Å². The zero-order valence-corrected chi connectivity index (χ0v) is 15.4. The van der Waals surface area contributed by atoms with Gasteiger partial charge < -0.3 is 5.32 Å². The maximum absolute atomic E-state index is 12.6. The van der Waals surface area contributed by atoms with Crippen LogP contribution >= 0.6 is 0 Å². The Labute approximate surface area is 150 Å². The molecule has 1 aromatic rings. The van der Waals surface area contributed by atoms with Crippen LogP contribution in [0.5, 0.6) is 0 Å². The number of amides is 1. The SMILES string of the molecule is C[C@@H](C(=O)NCCC1=CCCCC1)N1CCCC[C@H]1Cn1cncn1. The molecule has 1 saturated heterocycles. The Balaban J connectivity index is 1.49. The van der Waals surface area contributed by atoms with Crippen LogP contribution in [-0.4, -0.2) is 50.7 Å². The van der Waals surface area contributed by atoms with E-state index in [1.807, 2.05) is 11.6 Å². The zero-order valence-electron chi connectivity index (χ0n) is 15.4. The van der Waals surface area contributed by atoms with E-state index in [4.69, 9.17) is 0 Å². The summed E-state index contributed by atoms with van der Waals surface area (Å²) in [5.74, 6) is 0.155. The first-order valence-corrected chi connectivity index (χ1v) is 9.78. The molecule has 1 aliphatic carbocycles. The van der Waals surface area contributed by atoms with E-state index in [2.05, 4.69) is 26.4 Å². The molecule has 2 aliphatic rings. The summed E-state index contributed by atoms with van der Waals surface area (Å²) >= 11 is 0. The first kappa shape index (κ1) is 18.1. The molecule has 6 heteroatoms. The molecule has 0 saturated carbocycles. The maximum Gasteiger partial charge on any atom is 0.237 e. The third-order valence-electron chi connectivity index (χ3n) is 5.54. The summed E-state index contributed by atoms with van der Waals surface area (Å²) in [5, 5.41) is 7.37. The van der Waals surface area contributed by atoms with Crippen molar-refractivity contribution in [2.45, 2.75) is 76.9 Å². The lowest BCUT2D eigenvalue weighted by Crippen LogP contribution is -2.53. The van der Waals surface area contributed by atoms with Crippen molar-refractivity contribution in [3.05, 3.63) is 24.3 Å². The third kappa shape index (κ3) is 5.14. The molecule has 1 N–H and O–H groups in total. The molecule has 1 aromatic heterocycles. The van der Waals surface area contributed by atoms with Gasteiger partial charge in [-0.1, -0.05) is 18.1 Å². The minimum Gasteiger partial charge on any atom is -0.354 e. The highest BCUT2D eigenvalue weighted by atomic mass is 16.2. The first-order valence-electron chi connectivity index (χ1n) is 9.78. The van der Waals surface area contributed by atoms with Crippen LogP contribution in [-0.2, 0) is 11.3 Å². The number of piperidine rings is 1. The molecular formula is C19H31N5O. The highest BCUT2D eigenvalue weighted by Crippen LogP contribution is 2.22. The second-order valence-electron chi connectivity index (χ2n) is 7.33. The van der Waals surface area contributed by atoms with E-state index in [-0.39, 0.29) is 11.9 Å². The molecule has 1 aliphatic heterocycles. The predicted octanol–water partition coefficient (Wildman–Crippen LogP) is 2.53. The van der Waals surface area contributed by atoms with Crippen molar-refractivity contribution in [2.24, 2.45) is 0 Å². The van der Waals surface area contributed by atoms with Crippen LogP contribution in [0.4, 0.5) is 0 Å². The summed E-state index contributed by atoms with van der Waals surface area (Å²) < 4.78 is 1.88. The fourth-order valence-corrected chi connectivity index (χ4v) is 4.05. The fraction of sp³-hybridized carbons (Fsp3) is 0.737. The standard InChI is InChI=1S/C19H31N5O/c1-16(19(25)21-11-10-17-7-3-2-4-8-17)24-12-6-5-9-18(24)13-23-15-20-14-22-23/h7,14-16,18H,2-6,8-13H2,1H3,(H,21,25)/t16-,18-/m0/s1. The number of hydrogen-bond donors (Lipinski definition) is 1. The van der Waals surface area contributed by atoms with Gasteiger partial charge >= 0.3 is 0 Å². The maximum atomic E-state index is 12.6. The molecule has 1 fully saturated rings. The number of allylic oxidation sites excluding steroid dienone is 1. The Morgan fingerprint density at radius 1 is 1.36 bits per heavy atom. The Morgan fingerprint density at radius 3 is 3.04 bits per heavy atom. The van der Waals surface area contributed by atoms with Crippen LogP contribution in [0.25, 0.3) is 0 Å². The van der Waals surface area contributed by atoms with Gasteiger partial charge in [-0.2, -0.15) is 5.10 Å². The lowest BCUT2D eigenvalue weighted by Gasteiger charge is -2.39. The van der Waals surface area contributed by atoms with Crippen LogP contribution in [0, 0.1) is 0 Å². The van der Waals surface area contributed by atoms with Crippen molar-refractivity contribution in [3.8, 4) is 0 Å². The smallest absolute Gasteiger partial charge is 0.237 e. The second-order valence-corrected chi connectivity index (χ2v) is 7.33. The molecule has 138 valence electrons. The number of carbonyl (C=O) groups is 1. The average Bonchev–Trinajstić information content (AvgIpc) is 3.15.